The van der Waals surface area contributed by atoms with Crippen molar-refractivity contribution in [3.63, 3.8) is 0 Å². The highest BCUT2D eigenvalue weighted by Crippen LogP contribution is 2.07. The fourth-order valence-electron chi connectivity index (χ4n) is 5.63. The van der Waals surface area contributed by atoms with Crippen LogP contribution in [0.25, 0.3) is 0 Å². The first-order chi connectivity index (χ1) is 30.4. The lowest BCUT2D eigenvalue weighted by Crippen LogP contribution is -2.59. The molecule has 8 atom stereocenters. The second kappa shape index (κ2) is 31.4. The molecule has 10 amide bonds. The average molecular weight is 930 g/mol. The molecule has 0 radical (unpaired) electrons. The topological polar surface area (TPSA) is 472 Å². The van der Waals surface area contributed by atoms with Crippen LogP contribution in [0.4, 0.5) is 0 Å². The highest BCUT2D eigenvalue weighted by Gasteiger charge is 2.32. The number of unbranched alkanes of at least 4 members (excludes halogenated alkanes) is 2. The Bertz CT molecular complexity index is 1680. The zero-order chi connectivity index (χ0) is 49.8. The van der Waals surface area contributed by atoms with E-state index in [2.05, 4.69) is 42.5 Å². The summed E-state index contributed by atoms with van der Waals surface area (Å²) in [6.07, 6.45) is -0.553. The number of aliphatic carboxylic acids is 2. The van der Waals surface area contributed by atoms with Crippen molar-refractivity contribution in [2.24, 2.45) is 28.7 Å². The summed E-state index contributed by atoms with van der Waals surface area (Å²) in [5, 5.41) is 37.5. The smallest absolute Gasteiger partial charge is 0.326 e. The predicted octanol–water partition coefficient (Wildman–Crippen LogP) is -6.38. The molecule has 0 heterocycles. The maximum atomic E-state index is 13.3. The number of nitrogens with one attached hydrogen (secondary N) is 8. The molecule has 0 bridgehead atoms. The van der Waals surface area contributed by atoms with Gasteiger partial charge in [0.25, 0.3) is 0 Å². The van der Waals surface area contributed by atoms with Crippen LogP contribution in [0.15, 0.2) is 0 Å². The highest BCUT2D eigenvalue weighted by molar-refractivity contribution is 5.97. The van der Waals surface area contributed by atoms with Crippen LogP contribution in [0.1, 0.15) is 97.8 Å². The maximum Gasteiger partial charge on any atom is 0.326 e. The second-order valence-electron chi connectivity index (χ2n) is 15.2. The Labute approximate surface area is 375 Å². The summed E-state index contributed by atoms with van der Waals surface area (Å²) < 4.78 is 0. The molecule has 65 heavy (non-hydrogen) atoms. The van der Waals surface area contributed by atoms with Gasteiger partial charge in [-0.1, -0.05) is 0 Å². The van der Waals surface area contributed by atoms with E-state index in [0.717, 1.165) is 0 Å². The minimum Gasteiger partial charge on any atom is -0.481 e. The van der Waals surface area contributed by atoms with Crippen molar-refractivity contribution in [2.75, 3.05) is 19.6 Å². The van der Waals surface area contributed by atoms with Gasteiger partial charge < -0.3 is 81.4 Å². The third kappa shape index (κ3) is 25.4. The van der Waals surface area contributed by atoms with Gasteiger partial charge in [-0.15, -0.1) is 0 Å². The van der Waals surface area contributed by atoms with Gasteiger partial charge in [-0.25, -0.2) is 4.79 Å². The SMILES string of the molecule is C[C@H](N)C(=O)N[C@@H](CCC(N)=O)C(=O)N[C@@H](CCC(=O)O)C(=O)N[C@@H](C)C(=O)N[C@@H](CCC(N)=O)C(=O)N[C@@H](C)C(=O)NCC(=O)N[C@@H](CCCCN)C(=O)N[C@@H](CCCCN)C(=O)O. The van der Waals surface area contributed by atoms with E-state index in [4.69, 9.17) is 28.7 Å². The minimum atomic E-state index is -1.60. The fourth-order valence-corrected chi connectivity index (χ4v) is 5.63. The van der Waals surface area contributed by atoms with Crippen LogP contribution in [-0.4, -0.2) is 149 Å². The van der Waals surface area contributed by atoms with Gasteiger partial charge in [-0.05, 0) is 91.6 Å². The van der Waals surface area contributed by atoms with Crippen LogP contribution in [0, 0.1) is 0 Å². The van der Waals surface area contributed by atoms with Crippen molar-refractivity contribution < 1.29 is 67.7 Å². The number of carboxylic acid groups (broad SMARTS) is 2. The first kappa shape index (κ1) is 58.5. The first-order valence-corrected chi connectivity index (χ1v) is 21.0. The molecule has 0 fully saturated rings. The van der Waals surface area contributed by atoms with Gasteiger partial charge >= 0.3 is 11.9 Å². The molecule has 0 aliphatic heterocycles. The quantitative estimate of drug-likeness (QED) is 0.0267. The van der Waals surface area contributed by atoms with Crippen molar-refractivity contribution in [2.45, 2.75) is 146 Å². The molecule has 0 spiro atoms. The van der Waals surface area contributed by atoms with E-state index >= 15 is 0 Å². The first-order valence-electron chi connectivity index (χ1n) is 21.0. The van der Waals surface area contributed by atoms with E-state index in [1.54, 1.807) is 0 Å². The lowest BCUT2D eigenvalue weighted by molar-refractivity contribution is -0.142. The van der Waals surface area contributed by atoms with Gasteiger partial charge in [0.2, 0.25) is 59.1 Å². The number of primary amides is 2. The van der Waals surface area contributed by atoms with Crippen molar-refractivity contribution in [3.8, 4) is 0 Å². The minimum absolute atomic E-state index is 0.100. The average Bonchev–Trinajstić information content (AvgIpc) is 3.22. The Morgan fingerprint density at radius 3 is 1.23 bits per heavy atom. The van der Waals surface area contributed by atoms with Crippen LogP contribution in [0.5, 0.6) is 0 Å². The number of nitrogens with two attached hydrogens (primary N) is 5. The molecule has 0 aromatic carbocycles. The Kier molecular flexibility index (Phi) is 28.3. The van der Waals surface area contributed by atoms with E-state index in [0.29, 0.717) is 38.8 Å². The molecule has 0 aromatic heterocycles. The molecule has 0 saturated carbocycles. The van der Waals surface area contributed by atoms with E-state index < -0.39 is 145 Å². The monoisotopic (exact) mass is 929 g/mol. The Morgan fingerprint density at radius 1 is 0.446 bits per heavy atom. The molecule has 0 aromatic rings. The Balaban J connectivity index is 5.81. The van der Waals surface area contributed by atoms with Crippen molar-refractivity contribution in [1.82, 2.24) is 42.5 Å². The third-order valence-electron chi connectivity index (χ3n) is 9.41. The zero-order valence-corrected chi connectivity index (χ0v) is 36.9. The van der Waals surface area contributed by atoms with Gasteiger partial charge in [-0.3, -0.25) is 52.7 Å². The number of carboxylic acids is 2. The van der Waals surface area contributed by atoms with E-state index in [1.807, 2.05) is 0 Å². The number of amides is 10. The van der Waals surface area contributed by atoms with Crippen LogP contribution in [0.3, 0.4) is 0 Å². The lowest BCUT2D eigenvalue weighted by Gasteiger charge is -2.25. The summed E-state index contributed by atoms with van der Waals surface area (Å²) in [6.45, 7) is 3.67. The van der Waals surface area contributed by atoms with Gasteiger partial charge in [0.05, 0.1) is 12.6 Å². The molecule has 27 nitrogen and oxygen atoms in total. The number of hydrogen-bond acceptors (Lipinski definition) is 15. The van der Waals surface area contributed by atoms with Crippen LogP contribution in [-0.2, 0) is 57.5 Å². The van der Waals surface area contributed by atoms with Crippen LogP contribution in [0.2, 0.25) is 0 Å². The Morgan fingerprint density at radius 2 is 0.815 bits per heavy atom. The van der Waals surface area contributed by atoms with Gasteiger partial charge in [0.15, 0.2) is 0 Å². The van der Waals surface area contributed by atoms with Crippen molar-refractivity contribution >= 4 is 71.0 Å². The fraction of sp³-hybridized carbons (Fsp3) is 0.684. The number of rotatable bonds is 34. The number of carbonyl (C=O) groups is 12. The normalized spacial score (nSPS) is 14.5. The van der Waals surface area contributed by atoms with Crippen molar-refractivity contribution in [1.29, 1.82) is 0 Å². The molecular weight excluding hydrogens is 862 g/mol. The largest absolute Gasteiger partial charge is 0.481 e. The van der Waals surface area contributed by atoms with Gasteiger partial charge in [-0.2, -0.15) is 0 Å². The van der Waals surface area contributed by atoms with E-state index in [9.17, 15) is 67.7 Å². The third-order valence-corrected chi connectivity index (χ3v) is 9.41. The highest BCUT2D eigenvalue weighted by atomic mass is 16.4. The van der Waals surface area contributed by atoms with E-state index in [-0.39, 0.29) is 32.1 Å². The maximum absolute atomic E-state index is 13.3. The summed E-state index contributed by atoms with van der Waals surface area (Å²) >= 11 is 0. The molecule has 20 N–H and O–H groups in total. The molecule has 0 saturated heterocycles. The molecule has 0 aliphatic rings. The number of carbonyl (C=O) groups excluding carboxylic acids is 10. The predicted molar refractivity (Wildman–Crippen MR) is 229 cm³/mol. The summed E-state index contributed by atoms with van der Waals surface area (Å²) in [4.78, 5) is 150. The molecule has 27 heteroatoms. The Hall–Kier alpha value is -6.48. The standard InChI is InChI=1S/C38H67N13O14/c1-19(41)31(57)48-24(11-14-28(43)53)37(63)50-25(12-15-30(55)56)35(61)46-21(3)33(59)49-23(10-13-27(42)52)34(60)45-20(2)32(58)44-18-29(54)47-22(8-4-6-16-39)36(62)51-26(38(64)65)9-5-7-17-40/h19-26H,4-18,39-41H2,1-3H3,(H2,42,52)(H2,43,53)(H,44,58)(H,45,60)(H,46,61)(H,47,54)(H,48,57)(H,49,59)(H,50,63)(H,51,62)(H,55,56)(H,64,65)/t19-,20-,21-,22-,23-,24-,25-,26-/m0/s1. The summed E-state index contributed by atoms with van der Waals surface area (Å²) in [6, 6.07) is -10.9. The number of hydrogen-bond donors (Lipinski definition) is 15. The summed E-state index contributed by atoms with van der Waals surface area (Å²) in [5.74, 6) is -11.7. The lowest BCUT2D eigenvalue weighted by atomic mass is 10.1. The van der Waals surface area contributed by atoms with Gasteiger partial charge in [0.1, 0.15) is 42.3 Å². The molecule has 0 rings (SSSR count). The van der Waals surface area contributed by atoms with Gasteiger partial charge in [0, 0.05) is 19.3 Å². The molecule has 0 unspecified atom stereocenters. The summed E-state index contributed by atoms with van der Waals surface area (Å²) in [7, 11) is 0. The van der Waals surface area contributed by atoms with E-state index in [1.165, 1.54) is 20.8 Å². The molecular formula is C38H67N13O14. The zero-order valence-electron chi connectivity index (χ0n) is 36.9. The van der Waals surface area contributed by atoms with Crippen molar-refractivity contribution in [3.05, 3.63) is 0 Å². The second-order valence-corrected chi connectivity index (χ2v) is 15.2. The van der Waals surface area contributed by atoms with Crippen LogP contribution < -0.4 is 71.2 Å². The molecule has 0 aliphatic carbocycles. The summed E-state index contributed by atoms with van der Waals surface area (Å²) in [5.41, 5.74) is 27.0. The van der Waals surface area contributed by atoms with Crippen LogP contribution >= 0.6 is 0 Å². The molecule has 368 valence electrons.